The Morgan fingerprint density at radius 2 is 1.81 bits per heavy atom. The van der Waals surface area contributed by atoms with E-state index in [0.717, 1.165) is 30.4 Å². The Bertz CT molecular complexity index is 767. The lowest BCUT2D eigenvalue weighted by molar-refractivity contribution is 0.0256. The van der Waals surface area contributed by atoms with Gasteiger partial charge in [0.2, 0.25) is 0 Å². The number of nitrogens with zero attached hydrogens (tertiary/aromatic N) is 1. The minimum absolute atomic E-state index is 0.0755. The first-order valence-electron chi connectivity index (χ1n) is 8.83. The molecule has 3 rings (SSSR count). The summed E-state index contributed by atoms with van der Waals surface area (Å²) in [4.78, 5) is 30.5. The maximum Gasteiger partial charge on any atom is 0.441 e. The van der Waals surface area contributed by atoms with Crippen LogP contribution in [0.2, 0.25) is 0 Å². The number of carbonyl (C=O) groups excluding carboxylic acids is 2. The van der Waals surface area contributed by atoms with E-state index in [4.69, 9.17) is 9.57 Å². The molecule has 6 nitrogen and oxygen atoms in total. The van der Waals surface area contributed by atoms with E-state index in [9.17, 15) is 14.0 Å². The highest BCUT2D eigenvalue weighted by Crippen LogP contribution is 2.31. The molecule has 1 aliphatic rings. The first kappa shape index (κ1) is 18.7. The van der Waals surface area contributed by atoms with Crippen molar-refractivity contribution in [2.75, 3.05) is 6.54 Å². The number of benzene rings is 2. The number of likely N-dealkylation sites (tertiary alicyclic amines) is 1. The molecule has 1 N–H and O–H groups in total. The molecule has 0 spiro atoms. The fourth-order valence-corrected chi connectivity index (χ4v) is 3.08. The van der Waals surface area contributed by atoms with Crippen LogP contribution in [0.5, 0.6) is 0 Å². The number of hydrogen-bond donors (Lipinski definition) is 1. The van der Waals surface area contributed by atoms with Gasteiger partial charge in [-0.2, -0.15) is 0 Å². The van der Waals surface area contributed by atoms with Crippen LogP contribution >= 0.6 is 0 Å². The predicted octanol–water partition coefficient (Wildman–Crippen LogP) is 4.33. The van der Waals surface area contributed by atoms with Gasteiger partial charge in [-0.1, -0.05) is 42.5 Å². The summed E-state index contributed by atoms with van der Waals surface area (Å²) in [6.45, 7) is 0.577. The van der Waals surface area contributed by atoms with E-state index < -0.39 is 12.2 Å². The molecule has 1 saturated heterocycles. The second-order valence-electron chi connectivity index (χ2n) is 6.29. The molecule has 0 saturated carbocycles. The molecule has 1 atom stereocenters. The SMILES string of the molecule is O=C(NOC(=O)N1CCCCC1c1ccc(F)cc1)OCc1ccccc1. The summed E-state index contributed by atoms with van der Waals surface area (Å²) in [5.74, 6) is -0.327. The summed E-state index contributed by atoms with van der Waals surface area (Å²) in [6.07, 6.45) is 1.03. The number of piperidine rings is 1. The Morgan fingerprint density at radius 1 is 1.07 bits per heavy atom. The fourth-order valence-electron chi connectivity index (χ4n) is 3.08. The first-order chi connectivity index (χ1) is 13.1. The molecule has 142 valence electrons. The van der Waals surface area contributed by atoms with Crippen molar-refractivity contribution in [3.63, 3.8) is 0 Å². The Kier molecular flexibility index (Phi) is 6.25. The van der Waals surface area contributed by atoms with Gasteiger partial charge in [0.05, 0.1) is 6.04 Å². The average Bonchev–Trinajstić information content (AvgIpc) is 2.72. The highest BCUT2D eigenvalue weighted by molar-refractivity contribution is 5.72. The van der Waals surface area contributed by atoms with E-state index in [2.05, 4.69) is 0 Å². The summed E-state index contributed by atoms with van der Waals surface area (Å²) >= 11 is 0. The molecule has 2 aromatic rings. The van der Waals surface area contributed by atoms with Crippen molar-refractivity contribution in [2.45, 2.75) is 31.9 Å². The van der Waals surface area contributed by atoms with Crippen LogP contribution in [0.1, 0.15) is 36.4 Å². The van der Waals surface area contributed by atoms with Gasteiger partial charge in [0.1, 0.15) is 12.4 Å². The van der Waals surface area contributed by atoms with Gasteiger partial charge in [-0.25, -0.2) is 14.0 Å². The largest absolute Gasteiger partial charge is 0.443 e. The molecule has 1 aliphatic heterocycles. The maximum atomic E-state index is 13.1. The van der Waals surface area contributed by atoms with Crippen LogP contribution in [0.25, 0.3) is 0 Å². The Morgan fingerprint density at radius 3 is 2.56 bits per heavy atom. The molecule has 2 aromatic carbocycles. The molecule has 0 radical (unpaired) electrons. The topological polar surface area (TPSA) is 67.9 Å². The predicted molar refractivity (Wildman–Crippen MR) is 95.9 cm³/mol. The van der Waals surface area contributed by atoms with Gasteiger partial charge in [-0.3, -0.25) is 4.90 Å². The van der Waals surface area contributed by atoms with Crippen molar-refractivity contribution in [1.29, 1.82) is 0 Å². The molecular weight excluding hydrogens is 351 g/mol. The van der Waals surface area contributed by atoms with Gasteiger partial charge < -0.3 is 9.57 Å². The molecule has 7 heteroatoms. The molecule has 1 heterocycles. The van der Waals surface area contributed by atoms with E-state index in [0.29, 0.717) is 6.54 Å². The summed E-state index contributed by atoms with van der Waals surface area (Å²) in [7, 11) is 0. The van der Waals surface area contributed by atoms with E-state index in [-0.39, 0.29) is 18.5 Å². The van der Waals surface area contributed by atoms with E-state index >= 15 is 0 Å². The van der Waals surface area contributed by atoms with Gasteiger partial charge in [-0.15, -0.1) is 5.48 Å². The quantitative estimate of drug-likeness (QED) is 0.815. The number of carbonyl (C=O) groups is 2. The third-order valence-electron chi connectivity index (χ3n) is 4.43. The zero-order chi connectivity index (χ0) is 19.1. The van der Waals surface area contributed by atoms with Gasteiger partial charge >= 0.3 is 12.2 Å². The van der Waals surface area contributed by atoms with Crippen LogP contribution in [0.4, 0.5) is 14.0 Å². The van der Waals surface area contributed by atoms with E-state index in [1.807, 2.05) is 35.8 Å². The number of hydrogen-bond acceptors (Lipinski definition) is 4. The lowest BCUT2D eigenvalue weighted by atomic mass is 9.96. The van der Waals surface area contributed by atoms with Crippen LogP contribution in [0.3, 0.4) is 0 Å². The normalized spacial score (nSPS) is 16.5. The lowest BCUT2D eigenvalue weighted by Gasteiger charge is -2.34. The van der Waals surface area contributed by atoms with Crippen molar-refractivity contribution in [3.8, 4) is 0 Å². The molecule has 0 aliphatic carbocycles. The van der Waals surface area contributed by atoms with Crippen LogP contribution in [0, 0.1) is 5.82 Å². The summed E-state index contributed by atoms with van der Waals surface area (Å²) < 4.78 is 18.2. The van der Waals surface area contributed by atoms with Crippen molar-refractivity contribution < 1.29 is 23.6 Å². The van der Waals surface area contributed by atoms with Crippen LogP contribution < -0.4 is 5.48 Å². The molecule has 0 bridgehead atoms. The van der Waals surface area contributed by atoms with Gasteiger partial charge in [0.15, 0.2) is 0 Å². The monoisotopic (exact) mass is 372 g/mol. The molecule has 1 unspecified atom stereocenters. The Hall–Kier alpha value is -3.09. The average molecular weight is 372 g/mol. The standard InChI is InChI=1S/C20H21FN2O4/c21-17-11-9-16(10-12-17)18-8-4-5-13-23(18)20(25)27-22-19(24)26-14-15-6-2-1-3-7-15/h1-3,6-7,9-12,18H,4-5,8,13-14H2,(H,22,24). The number of hydroxylamine groups is 1. The molecule has 2 amide bonds. The first-order valence-corrected chi connectivity index (χ1v) is 8.83. The Balaban J connectivity index is 1.52. The zero-order valence-corrected chi connectivity index (χ0v) is 14.8. The molecular formula is C20H21FN2O4. The minimum Gasteiger partial charge on any atom is -0.443 e. The zero-order valence-electron chi connectivity index (χ0n) is 14.8. The maximum absolute atomic E-state index is 13.1. The summed E-state index contributed by atoms with van der Waals surface area (Å²) in [6, 6.07) is 15.0. The van der Waals surface area contributed by atoms with Crippen molar-refractivity contribution >= 4 is 12.2 Å². The summed E-state index contributed by atoms with van der Waals surface area (Å²) in [5.41, 5.74) is 3.68. The molecule has 1 fully saturated rings. The lowest BCUT2D eigenvalue weighted by Crippen LogP contribution is -2.42. The fraction of sp³-hybridized carbons (Fsp3) is 0.300. The number of nitrogens with one attached hydrogen (secondary N) is 1. The number of ether oxygens (including phenoxy) is 1. The number of halogens is 1. The molecule has 0 aromatic heterocycles. The van der Waals surface area contributed by atoms with Crippen molar-refractivity contribution in [3.05, 3.63) is 71.5 Å². The van der Waals surface area contributed by atoms with Crippen molar-refractivity contribution in [1.82, 2.24) is 10.4 Å². The number of amides is 2. The highest BCUT2D eigenvalue weighted by atomic mass is 19.1. The minimum atomic E-state index is -0.845. The van der Waals surface area contributed by atoms with Crippen LogP contribution in [0.15, 0.2) is 54.6 Å². The summed E-state index contributed by atoms with van der Waals surface area (Å²) in [5, 5.41) is 0. The third-order valence-corrected chi connectivity index (χ3v) is 4.43. The highest BCUT2D eigenvalue weighted by Gasteiger charge is 2.29. The molecule has 27 heavy (non-hydrogen) atoms. The van der Waals surface area contributed by atoms with Gasteiger partial charge in [0, 0.05) is 6.54 Å². The van der Waals surface area contributed by atoms with Crippen molar-refractivity contribution in [2.24, 2.45) is 0 Å². The number of rotatable bonds is 3. The van der Waals surface area contributed by atoms with Crippen LogP contribution in [-0.2, 0) is 16.2 Å². The second-order valence-corrected chi connectivity index (χ2v) is 6.29. The van der Waals surface area contributed by atoms with E-state index in [1.54, 1.807) is 12.1 Å². The Labute approximate surface area is 156 Å². The second kappa shape index (κ2) is 9.02. The smallest absolute Gasteiger partial charge is 0.441 e. The van der Waals surface area contributed by atoms with Gasteiger partial charge in [-0.05, 0) is 42.5 Å². The van der Waals surface area contributed by atoms with Gasteiger partial charge in [0.25, 0.3) is 0 Å². The van der Waals surface area contributed by atoms with E-state index in [1.165, 1.54) is 17.0 Å². The third kappa shape index (κ3) is 5.20. The van der Waals surface area contributed by atoms with Crippen LogP contribution in [-0.4, -0.2) is 23.6 Å².